The average Bonchev–Trinajstić information content (AvgIpc) is 2.21. The predicted molar refractivity (Wildman–Crippen MR) is 49.8 cm³/mol. The van der Waals surface area contributed by atoms with Gasteiger partial charge in [0.05, 0.1) is 6.61 Å². The third-order valence-electron chi connectivity index (χ3n) is 1.72. The van der Waals surface area contributed by atoms with Gasteiger partial charge in [0.2, 0.25) is 0 Å². The molecular formula is C10H14O3. The van der Waals surface area contributed by atoms with Gasteiger partial charge in [-0.1, -0.05) is 18.2 Å². The van der Waals surface area contributed by atoms with Gasteiger partial charge in [0.15, 0.2) is 0 Å². The molecule has 1 aromatic rings. The first-order valence-corrected chi connectivity index (χ1v) is 4.18. The van der Waals surface area contributed by atoms with Crippen molar-refractivity contribution in [3.63, 3.8) is 0 Å². The molecule has 1 aromatic carbocycles. The first kappa shape index (κ1) is 10.0. The lowest BCUT2D eigenvalue weighted by Gasteiger charge is -2.13. The minimum Gasteiger partial charge on any atom is -0.491 e. The smallest absolute Gasteiger partial charge is 0.119 e. The lowest BCUT2D eigenvalue weighted by atomic mass is 10.3. The molecular weight excluding hydrogens is 168 g/mol. The molecule has 0 amide bonds. The summed E-state index contributed by atoms with van der Waals surface area (Å²) in [6.45, 7) is 0.348. The summed E-state index contributed by atoms with van der Waals surface area (Å²) in [5.41, 5.74) is 0. The molecule has 0 aliphatic carbocycles. The second-order valence-electron chi connectivity index (χ2n) is 2.66. The zero-order valence-corrected chi connectivity index (χ0v) is 7.64. The summed E-state index contributed by atoms with van der Waals surface area (Å²) in [4.78, 5) is 0. The van der Waals surface area contributed by atoms with Crippen LogP contribution in [0.1, 0.15) is 0 Å². The molecule has 3 nitrogen and oxygen atoms in total. The van der Waals surface area contributed by atoms with Gasteiger partial charge >= 0.3 is 0 Å². The maximum Gasteiger partial charge on any atom is 0.119 e. The summed E-state index contributed by atoms with van der Waals surface area (Å²) in [6, 6.07) is 9.45. The minimum atomic E-state index is -0.250. The minimum absolute atomic E-state index is 0.0245. The highest BCUT2D eigenvalue weighted by molar-refractivity contribution is 5.20. The summed E-state index contributed by atoms with van der Waals surface area (Å²) < 4.78 is 10.3. The zero-order valence-electron chi connectivity index (χ0n) is 7.64. The van der Waals surface area contributed by atoms with Gasteiger partial charge in [-0.15, -0.1) is 0 Å². The van der Waals surface area contributed by atoms with Crippen molar-refractivity contribution < 1.29 is 14.6 Å². The highest BCUT2D eigenvalue weighted by atomic mass is 16.5. The van der Waals surface area contributed by atoms with E-state index in [0.717, 1.165) is 5.75 Å². The Labute approximate surface area is 77.9 Å². The van der Waals surface area contributed by atoms with Gasteiger partial charge in [0.1, 0.15) is 18.5 Å². The van der Waals surface area contributed by atoms with E-state index in [0.29, 0.717) is 6.61 Å². The molecule has 0 bridgehead atoms. The fourth-order valence-electron chi connectivity index (χ4n) is 0.901. The van der Waals surface area contributed by atoms with Crippen molar-refractivity contribution in [2.75, 3.05) is 20.3 Å². The highest BCUT2D eigenvalue weighted by Crippen LogP contribution is 2.08. The van der Waals surface area contributed by atoms with E-state index in [1.165, 1.54) is 0 Å². The van der Waals surface area contributed by atoms with Gasteiger partial charge in [-0.3, -0.25) is 0 Å². The topological polar surface area (TPSA) is 38.7 Å². The van der Waals surface area contributed by atoms with Crippen LogP contribution < -0.4 is 4.74 Å². The molecule has 3 heteroatoms. The number of methoxy groups -OCH3 is 1. The van der Waals surface area contributed by atoms with Crippen molar-refractivity contribution in [2.45, 2.75) is 6.10 Å². The van der Waals surface area contributed by atoms with Gasteiger partial charge in [0.25, 0.3) is 0 Å². The molecule has 0 unspecified atom stereocenters. The summed E-state index contributed by atoms with van der Waals surface area (Å²) in [5.74, 6) is 0.790. The Hall–Kier alpha value is -1.06. The first-order valence-electron chi connectivity index (χ1n) is 4.18. The maximum atomic E-state index is 8.80. The Morgan fingerprint density at radius 3 is 2.54 bits per heavy atom. The normalized spacial score (nSPS) is 12.5. The van der Waals surface area contributed by atoms with Gasteiger partial charge < -0.3 is 14.6 Å². The van der Waals surface area contributed by atoms with E-state index in [-0.39, 0.29) is 12.7 Å². The molecule has 1 rings (SSSR count). The van der Waals surface area contributed by atoms with Gasteiger partial charge in [0, 0.05) is 7.11 Å². The number of hydrogen-bond acceptors (Lipinski definition) is 3. The quantitative estimate of drug-likeness (QED) is 0.740. The Morgan fingerprint density at radius 2 is 2.00 bits per heavy atom. The van der Waals surface area contributed by atoms with Crippen molar-refractivity contribution in [1.82, 2.24) is 0 Å². The number of hydrogen-bond donors (Lipinski definition) is 1. The van der Waals surface area contributed by atoms with Crippen LogP contribution in [0.2, 0.25) is 0 Å². The van der Waals surface area contributed by atoms with Crippen LogP contribution in [-0.2, 0) is 4.74 Å². The van der Waals surface area contributed by atoms with Crippen molar-refractivity contribution in [3.05, 3.63) is 30.3 Å². The van der Waals surface area contributed by atoms with E-state index in [2.05, 4.69) is 0 Å². The second kappa shape index (κ2) is 5.56. The largest absolute Gasteiger partial charge is 0.491 e. The molecule has 13 heavy (non-hydrogen) atoms. The number of aliphatic hydroxyl groups excluding tert-OH is 1. The second-order valence-corrected chi connectivity index (χ2v) is 2.66. The monoisotopic (exact) mass is 182 g/mol. The number of aliphatic hydroxyl groups is 1. The van der Waals surface area contributed by atoms with Gasteiger partial charge in [-0.25, -0.2) is 0 Å². The molecule has 72 valence electrons. The van der Waals surface area contributed by atoms with E-state index < -0.39 is 0 Å². The standard InChI is InChI=1S/C10H14O3/c1-12-10(7-11)8-13-9-5-3-2-4-6-9/h2-6,10-11H,7-8H2,1H3/t10-/m1/s1. The van der Waals surface area contributed by atoms with E-state index in [4.69, 9.17) is 14.6 Å². The fourth-order valence-corrected chi connectivity index (χ4v) is 0.901. The SMILES string of the molecule is CO[C@H](CO)COc1ccccc1. The molecule has 1 atom stereocenters. The summed E-state index contributed by atoms with van der Waals surface area (Å²) in [6.07, 6.45) is -0.250. The predicted octanol–water partition coefficient (Wildman–Crippen LogP) is 1.07. The number of rotatable bonds is 5. The molecule has 0 fully saturated rings. The summed E-state index contributed by atoms with van der Waals surface area (Å²) >= 11 is 0. The van der Waals surface area contributed by atoms with Crippen LogP contribution in [-0.4, -0.2) is 31.5 Å². The van der Waals surface area contributed by atoms with Crippen molar-refractivity contribution in [3.8, 4) is 5.75 Å². The van der Waals surface area contributed by atoms with E-state index in [1.807, 2.05) is 30.3 Å². The molecule has 0 aromatic heterocycles. The third-order valence-corrected chi connectivity index (χ3v) is 1.72. The Morgan fingerprint density at radius 1 is 1.31 bits per heavy atom. The molecule has 0 aliphatic rings. The molecule has 1 N–H and O–H groups in total. The van der Waals surface area contributed by atoms with Crippen LogP contribution in [0, 0.1) is 0 Å². The maximum absolute atomic E-state index is 8.80. The Balaban J connectivity index is 2.34. The first-order chi connectivity index (χ1) is 6.36. The van der Waals surface area contributed by atoms with Crippen molar-refractivity contribution >= 4 is 0 Å². The van der Waals surface area contributed by atoms with Crippen LogP contribution in [0.4, 0.5) is 0 Å². The van der Waals surface area contributed by atoms with Crippen molar-refractivity contribution in [2.24, 2.45) is 0 Å². The average molecular weight is 182 g/mol. The number of ether oxygens (including phenoxy) is 2. The van der Waals surface area contributed by atoms with Gasteiger partial charge in [-0.2, -0.15) is 0 Å². The fraction of sp³-hybridized carbons (Fsp3) is 0.400. The van der Waals surface area contributed by atoms with Gasteiger partial charge in [-0.05, 0) is 12.1 Å². The lowest BCUT2D eigenvalue weighted by molar-refractivity contribution is 0.0164. The molecule has 0 radical (unpaired) electrons. The molecule has 0 saturated heterocycles. The van der Waals surface area contributed by atoms with Crippen LogP contribution >= 0.6 is 0 Å². The number of para-hydroxylation sites is 1. The molecule has 0 spiro atoms. The number of benzene rings is 1. The lowest BCUT2D eigenvalue weighted by Crippen LogP contribution is -2.23. The van der Waals surface area contributed by atoms with E-state index in [9.17, 15) is 0 Å². The molecule has 0 saturated carbocycles. The highest BCUT2D eigenvalue weighted by Gasteiger charge is 2.05. The Bertz CT molecular complexity index is 219. The summed E-state index contributed by atoms with van der Waals surface area (Å²) in [7, 11) is 1.55. The van der Waals surface area contributed by atoms with E-state index >= 15 is 0 Å². The van der Waals surface area contributed by atoms with Crippen molar-refractivity contribution in [1.29, 1.82) is 0 Å². The van der Waals surface area contributed by atoms with Crippen LogP contribution in [0.15, 0.2) is 30.3 Å². The van der Waals surface area contributed by atoms with Crippen LogP contribution in [0.25, 0.3) is 0 Å². The van der Waals surface area contributed by atoms with Crippen LogP contribution in [0.3, 0.4) is 0 Å². The Kier molecular flexibility index (Phi) is 4.29. The molecule has 0 heterocycles. The summed E-state index contributed by atoms with van der Waals surface area (Å²) in [5, 5.41) is 8.80. The zero-order chi connectivity index (χ0) is 9.52. The van der Waals surface area contributed by atoms with E-state index in [1.54, 1.807) is 7.11 Å². The van der Waals surface area contributed by atoms with Crippen LogP contribution in [0.5, 0.6) is 5.75 Å². The third kappa shape index (κ3) is 3.44. The molecule has 0 aliphatic heterocycles.